The summed E-state index contributed by atoms with van der Waals surface area (Å²) < 4.78 is 27.8. The Morgan fingerprint density at radius 2 is 1.71 bits per heavy atom. The van der Waals surface area contributed by atoms with Crippen LogP contribution in [0.1, 0.15) is 30.4 Å². The standard InChI is InChI=1S/C22H25N3O2S/c23-15-19-7-9-20(10-8-19)16-24-14-12-22(17-24)11-4-13-25(18-22)28(26,27)21-5-2-1-3-6-21/h1-3,5-10H,4,11-14,16-18H2/t22-/m0/s1. The van der Waals surface area contributed by atoms with E-state index in [2.05, 4.69) is 11.0 Å². The monoisotopic (exact) mass is 395 g/mol. The van der Waals surface area contributed by atoms with Crippen LogP contribution in [0.25, 0.3) is 0 Å². The molecule has 28 heavy (non-hydrogen) atoms. The van der Waals surface area contributed by atoms with Gasteiger partial charge in [0.15, 0.2) is 0 Å². The molecular formula is C22H25N3O2S. The van der Waals surface area contributed by atoms with Gasteiger partial charge in [-0.3, -0.25) is 4.90 Å². The topological polar surface area (TPSA) is 64.4 Å². The highest BCUT2D eigenvalue weighted by Gasteiger charge is 2.44. The fourth-order valence-corrected chi connectivity index (χ4v) is 6.16. The van der Waals surface area contributed by atoms with Gasteiger partial charge in [-0.15, -0.1) is 0 Å². The molecule has 5 nitrogen and oxygen atoms in total. The van der Waals surface area contributed by atoms with E-state index in [0.717, 1.165) is 38.9 Å². The number of piperidine rings is 1. The van der Waals surface area contributed by atoms with Gasteiger partial charge in [-0.25, -0.2) is 8.42 Å². The van der Waals surface area contributed by atoms with Crippen molar-refractivity contribution in [1.29, 1.82) is 5.26 Å². The minimum absolute atomic E-state index is 0.0483. The quantitative estimate of drug-likeness (QED) is 0.797. The summed E-state index contributed by atoms with van der Waals surface area (Å²) in [5, 5.41) is 8.94. The van der Waals surface area contributed by atoms with Gasteiger partial charge in [-0.2, -0.15) is 9.57 Å². The van der Waals surface area contributed by atoms with Crippen LogP contribution in [0.4, 0.5) is 0 Å². The molecule has 2 saturated heterocycles. The maximum absolute atomic E-state index is 13.0. The molecule has 146 valence electrons. The summed E-state index contributed by atoms with van der Waals surface area (Å²) >= 11 is 0. The number of likely N-dealkylation sites (tertiary alicyclic amines) is 1. The minimum Gasteiger partial charge on any atom is -0.298 e. The Hall–Kier alpha value is -2.20. The zero-order valence-corrected chi connectivity index (χ0v) is 16.7. The van der Waals surface area contributed by atoms with Gasteiger partial charge in [0.05, 0.1) is 16.5 Å². The van der Waals surface area contributed by atoms with Crippen molar-refractivity contribution >= 4 is 10.0 Å². The summed E-state index contributed by atoms with van der Waals surface area (Å²) in [5.41, 5.74) is 1.92. The number of hydrogen-bond acceptors (Lipinski definition) is 4. The van der Waals surface area contributed by atoms with Crippen LogP contribution in [0.5, 0.6) is 0 Å². The van der Waals surface area contributed by atoms with Gasteiger partial charge < -0.3 is 0 Å². The first-order valence-corrected chi connectivity index (χ1v) is 11.2. The van der Waals surface area contributed by atoms with Gasteiger partial charge in [0.1, 0.15) is 0 Å². The third-order valence-corrected chi connectivity index (χ3v) is 7.87. The first kappa shape index (κ1) is 19.1. The Bertz CT molecular complexity index is 967. The van der Waals surface area contributed by atoms with Gasteiger partial charge in [0.2, 0.25) is 10.0 Å². The molecule has 2 heterocycles. The van der Waals surface area contributed by atoms with E-state index in [1.165, 1.54) is 5.56 Å². The fourth-order valence-electron chi connectivity index (χ4n) is 4.55. The Labute approximate surface area is 167 Å². The highest BCUT2D eigenvalue weighted by atomic mass is 32.2. The number of rotatable bonds is 4. The maximum Gasteiger partial charge on any atom is 0.243 e. The summed E-state index contributed by atoms with van der Waals surface area (Å²) in [6.07, 6.45) is 3.03. The molecule has 0 radical (unpaired) electrons. The molecule has 1 spiro atoms. The summed E-state index contributed by atoms with van der Waals surface area (Å²) in [6, 6.07) is 18.7. The molecule has 0 aliphatic carbocycles. The number of benzene rings is 2. The first-order valence-electron chi connectivity index (χ1n) is 9.77. The molecule has 0 amide bonds. The normalized spacial score (nSPS) is 23.7. The fraction of sp³-hybridized carbons (Fsp3) is 0.409. The van der Waals surface area contributed by atoms with E-state index in [1.807, 2.05) is 30.3 Å². The Balaban J connectivity index is 1.45. The van der Waals surface area contributed by atoms with Crippen LogP contribution >= 0.6 is 0 Å². The first-order chi connectivity index (χ1) is 13.5. The van der Waals surface area contributed by atoms with Crippen molar-refractivity contribution in [2.45, 2.75) is 30.7 Å². The summed E-state index contributed by atoms with van der Waals surface area (Å²) in [5.74, 6) is 0. The molecular weight excluding hydrogens is 370 g/mol. The van der Waals surface area contributed by atoms with Crippen LogP contribution < -0.4 is 0 Å². The van der Waals surface area contributed by atoms with Crippen LogP contribution in [-0.2, 0) is 16.6 Å². The van der Waals surface area contributed by atoms with E-state index < -0.39 is 10.0 Å². The lowest BCUT2D eigenvalue weighted by Gasteiger charge is -2.39. The van der Waals surface area contributed by atoms with Crippen molar-refractivity contribution in [1.82, 2.24) is 9.21 Å². The van der Waals surface area contributed by atoms with E-state index in [0.29, 0.717) is 23.5 Å². The molecule has 2 aliphatic rings. The Kier molecular flexibility index (Phi) is 5.24. The van der Waals surface area contributed by atoms with Crippen LogP contribution in [0.3, 0.4) is 0 Å². The number of nitrogens with zero attached hydrogens (tertiary/aromatic N) is 3. The van der Waals surface area contributed by atoms with E-state index in [4.69, 9.17) is 5.26 Å². The largest absolute Gasteiger partial charge is 0.298 e. The van der Waals surface area contributed by atoms with Crippen molar-refractivity contribution in [3.63, 3.8) is 0 Å². The van der Waals surface area contributed by atoms with Crippen LogP contribution in [0.15, 0.2) is 59.5 Å². The van der Waals surface area contributed by atoms with Gasteiger partial charge >= 0.3 is 0 Å². The molecule has 0 saturated carbocycles. The lowest BCUT2D eigenvalue weighted by molar-refractivity contribution is 0.146. The van der Waals surface area contributed by atoms with Gasteiger partial charge in [0.25, 0.3) is 0 Å². The predicted molar refractivity (Wildman–Crippen MR) is 108 cm³/mol. The van der Waals surface area contributed by atoms with E-state index in [-0.39, 0.29) is 5.41 Å². The zero-order chi connectivity index (χ0) is 19.6. The molecule has 2 fully saturated rings. The Morgan fingerprint density at radius 3 is 2.43 bits per heavy atom. The molecule has 2 aromatic carbocycles. The highest BCUT2D eigenvalue weighted by Crippen LogP contribution is 2.40. The second kappa shape index (κ2) is 7.67. The number of sulfonamides is 1. The second-order valence-corrected chi connectivity index (χ2v) is 9.96. The van der Waals surface area contributed by atoms with Crippen LogP contribution in [0.2, 0.25) is 0 Å². The molecule has 2 aliphatic heterocycles. The van der Waals surface area contributed by atoms with E-state index >= 15 is 0 Å². The van der Waals surface area contributed by atoms with Gasteiger partial charge in [-0.1, -0.05) is 30.3 Å². The number of hydrogen-bond donors (Lipinski definition) is 0. The predicted octanol–water partition coefficient (Wildman–Crippen LogP) is 3.24. The minimum atomic E-state index is -3.43. The zero-order valence-electron chi connectivity index (χ0n) is 15.9. The van der Waals surface area contributed by atoms with Gasteiger partial charge in [-0.05, 0) is 61.1 Å². The van der Waals surface area contributed by atoms with Gasteiger partial charge in [0, 0.05) is 26.2 Å². The molecule has 0 unspecified atom stereocenters. The van der Waals surface area contributed by atoms with Crippen LogP contribution in [0, 0.1) is 16.7 Å². The summed E-state index contributed by atoms with van der Waals surface area (Å²) in [6.45, 7) is 3.97. The molecule has 4 rings (SSSR count). The average Bonchev–Trinajstić information content (AvgIpc) is 3.10. The summed E-state index contributed by atoms with van der Waals surface area (Å²) in [4.78, 5) is 2.81. The van der Waals surface area contributed by atoms with Crippen molar-refractivity contribution in [3.05, 3.63) is 65.7 Å². The van der Waals surface area contributed by atoms with Crippen molar-refractivity contribution < 1.29 is 8.42 Å². The summed E-state index contributed by atoms with van der Waals surface area (Å²) in [7, 11) is -3.43. The molecule has 0 aromatic heterocycles. The number of nitriles is 1. The third-order valence-electron chi connectivity index (χ3n) is 6.01. The molecule has 6 heteroatoms. The van der Waals surface area contributed by atoms with Crippen molar-refractivity contribution in [2.75, 3.05) is 26.2 Å². The van der Waals surface area contributed by atoms with E-state index in [1.54, 1.807) is 28.6 Å². The SMILES string of the molecule is N#Cc1ccc(CN2CC[C@@]3(CCCN(S(=O)(=O)c4ccccc4)C3)C2)cc1. The van der Waals surface area contributed by atoms with Crippen molar-refractivity contribution in [3.8, 4) is 6.07 Å². The van der Waals surface area contributed by atoms with Crippen LogP contribution in [-0.4, -0.2) is 43.8 Å². The average molecular weight is 396 g/mol. The second-order valence-electron chi connectivity index (χ2n) is 8.02. The van der Waals surface area contributed by atoms with E-state index in [9.17, 15) is 8.42 Å². The molecule has 1 atom stereocenters. The maximum atomic E-state index is 13.0. The van der Waals surface area contributed by atoms with Crippen molar-refractivity contribution in [2.24, 2.45) is 5.41 Å². The lowest BCUT2D eigenvalue weighted by Crippen LogP contribution is -2.47. The third kappa shape index (κ3) is 3.83. The molecule has 2 aromatic rings. The molecule has 0 N–H and O–H groups in total. The molecule has 0 bridgehead atoms. The Morgan fingerprint density at radius 1 is 0.964 bits per heavy atom. The highest BCUT2D eigenvalue weighted by molar-refractivity contribution is 7.89. The smallest absolute Gasteiger partial charge is 0.243 e. The lowest BCUT2D eigenvalue weighted by atomic mass is 9.80.